The van der Waals surface area contributed by atoms with E-state index in [0.29, 0.717) is 0 Å². The molecule has 1 unspecified atom stereocenters. The topological polar surface area (TPSA) is 30.5 Å². The van der Waals surface area contributed by atoms with Crippen molar-refractivity contribution in [3.63, 3.8) is 0 Å². The van der Waals surface area contributed by atoms with Gasteiger partial charge in [0.1, 0.15) is 11.5 Å². The van der Waals surface area contributed by atoms with Crippen molar-refractivity contribution < 1.29 is 9.47 Å². The van der Waals surface area contributed by atoms with Crippen molar-refractivity contribution in [3.05, 3.63) is 45.6 Å². The van der Waals surface area contributed by atoms with E-state index in [1.54, 1.807) is 25.6 Å². The van der Waals surface area contributed by atoms with E-state index in [1.807, 2.05) is 12.1 Å². The van der Waals surface area contributed by atoms with Crippen molar-refractivity contribution >= 4 is 11.3 Å². The third-order valence-electron chi connectivity index (χ3n) is 3.53. The SMILES string of the molecule is CCCNC(c1ccc(OC)cc1C)c1sccc1OC. The van der Waals surface area contributed by atoms with Crippen LogP contribution in [0.4, 0.5) is 0 Å². The van der Waals surface area contributed by atoms with Gasteiger partial charge in [-0.05, 0) is 54.6 Å². The number of hydrogen-bond donors (Lipinski definition) is 1. The molecule has 21 heavy (non-hydrogen) atoms. The summed E-state index contributed by atoms with van der Waals surface area (Å²) in [6.07, 6.45) is 1.10. The van der Waals surface area contributed by atoms with E-state index >= 15 is 0 Å². The highest BCUT2D eigenvalue weighted by Gasteiger charge is 2.21. The first-order chi connectivity index (χ1) is 10.2. The van der Waals surface area contributed by atoms with Gasteiger partial charge in [0.25, 0.3) is 0 Å². The van der Waals surface area contributed by atoms with Crippen LogP contribution in [0.25, 0.3) is 0 Å². The standard InChI is InChI=1S/C17H23NO2S/c1-5-9-18-16(17-15(20-4)8-10-21-17)14-7-6-13(19-3)11-12(14)2/h6-8,10-11,16,18H,5,9H2,1-4H3. The Balaban J connectivity index is 2.40. The Morgan fingerprint density at radius 2 is 2.00 bits per heavy atom. The highest BCUT2D eigenvalue weighted by atomic mass is 32.1. The first-order valence-corrected chi connectivity index (χ1v) is 8.08. The first-order valence-electron chi connectivity index (χ1n) is 7.20. The maximum Gasteiger partial charge on any atom is 0.134 e. The number of thiophene rings is 1. The number of hydrogen-bond acceptors (Lipinski definition) is 4. The van der Waals surface area contributed by atoms with E-state index in [9.17, 15) is 0 Å². The molecule has 1 N–H and O–H groups in total. The number of methoxy groups -OCH3 is 2. The Morgan fingerprint density at radius 3 is 2.62 bits per heavy atom. The molecule has 1 heterocycles. The van der Waals surface area contributed by atoms with E-state index in [0.717, 1.165) is 24.5 Å². The zero-order chi connectivity index (χ0) is 15.2. The fraction of sp³-hybridized carbons (Fsp3) is 0.412. The second kappa shape index (κ2) is 7.48. The molecule has 0 aliphatic carbocycles. The number of nitrogens with one attached hydrogen (secondary N) is 1. The lowest BCUT2D eigenvalue weighted by Gasteiger charge is -2.21. The van der Waals surface area contributed by atoms with Crippen LogP contribution >= 0.6 is 11.3 Å². The lowest BCUT2D eigenvalue weighted by molar-refractivity contribution is 0.406. The molecule has 0 bridgehead atoms. The van der Waals surface area contributed by atoms with Gasteiger partial charge in [0.05, 0.1) is 25.1 Å². The first kappa shape index (κ1) is 15.9. The number of ether oxygens (including phenoxy) is 2. The summed E-state index contributed by atoms with van der Waals surface area (Å²) >= 11 is 1.73. The molecule has 3 nitrogen and oxygen atoms in total. The van der Waals surface area contributed by atoms with Gasteiger partial charge in [-0.15, -0.1) is 11.3 Å². The van der Waals surface area contributed by atoms with Crippen molar-refractivity contribution in [1.29, 1.82) is 0 Å². The summed E-state index contributed by atoms with van der Waals surface area (Å²) in [5.41, 5.74) is 2.49. The molecule has 2 rings (SSSR count). The maximum absolute atomic E-state index is 5.50. The largest absolute Gasteiger partial charge is 0.497 e. The van der Waals surface area contributed by atoms with Crippen LogP contribution in [0.15, 0.2) is 29.6 Å². The molecule has 0 radical (unpaired) electrons. The molecular formula is C17H23NO2S. The van der Waals surface area contributed by atoms with Crippen molar-refractivity contribution in [1.82, 2.24) is 5.32 Å². The third kappa shape index (κ3) is 3.57. The average Bonchev–Trinajstić information content (AvgIpc) is 2.97. The van der Waals surface area contributed by atoms with Gasteiger partial charge in [0, 0.05) is 0 Å². The van der Waals surface area contributed by atoms with Crippen molar-refractivity contribution in [3.8, 4) is 11.5 Å². The smallest absolute Gasteiger partial charge is 0.134 e. The molecule has 0 spiro atoms. The fourth-order valence-electron chi connectivity index (χ4n) is 2.42. The minimum Gasteiger partial charge on any atom is -0.497 e. The predicted octanol–water partition coefficient (Wildman–Crippen LogP) is 4.16. The molecule has 0 aliphatic heterocycles. The Bertz CT molecular complexity index is 580. The summed E-state index contributed by atoms with van der Waals surface area (Å²) in [4.78, 5) is 1.22. The van der Waals surface area contributed by atoms with E-state index in [1.165, 1.54) is 16.0 Å². The quantitative estimate of drug-likeness (QED) is 0.833. The summed E-state index contributed by atoms with van der Waals surface area (Å²) in [6.45, 7) is 5.27. The van der Waals surface area contributed by atoms with Crippen LogP contribution < -0.4 is 14.8 Å². The van der Waals surface area contributed by atoms with Crippen LogP contribution in [0.2, 0.25) is 0 Å². The zero-order valence-electron chi connectivity index (χ0n) is 13.1. The lowest BCUT2D eigenvalue weighted by Crippen LogP contribution is -2.23. The summed E-state index contributed by atoms with van der Waals surface area (Å²) in [5.74, 6) is 1.84. The average molecular weight is 305 g/mol. The summed E-state index contributed by atoms with van der Waals surface area (Å²) < 4.78 is 10.8. The van der Waals surface area contributed by atoms with Gasteiger partial charge in [0.2, 0.25) is 0 Å². The molecule has 114 valence electrons. The highest BCUT2D eigenvalue weighted by Crippen LogP contribution is 2.36. The fourth-order valence-corrected chi connectivity index (χ4v) is 3.37. The summed E-state index contributed by atoms with van der Waals surface area (Å²) in [5, 5.41) is 5.71. The van der Waals surface area contributed by atoms with Gasteiger partial charge in [0.15, 0.2) is 0 Å². The van der Waals surface area contributed by atoms with E-state index in [2.05, 4.69) is 36.7 Å². The monoisotopic (exact) mass is 305 g/mol. The molecule has 1 aromatic heterocycles. The van der Waals surface area contributed by atoms with Crippen molar-refractivity contribution in [2.75, 3.05) is 20.8 Å². The van der Waals surface area contributed by atoms with Gasteiger partial charge in [-0.25, -0.2) is 0 Å². The minimum absolute atomic E-state index is 0.158. The molecule has 0 aliphatic rings. The van der Waals surface area contributed by atoms with Crippen molar-refractivity contribution in [2.24, 2.45) is 0 Å². The molecule has 0 amide bonds. The van der Waals surface area contributed by atoms with Crippen LogP contribution in [-0.4, -0.2) is 20.8 Å². The van der Waals surface area contributed by atoms with Crippen LogP contribution in [0, 0.1) is 6.92 Å². The van der Waals surface area contributed by atoms with Crippen LogP contribution in [0.3, 0.4) is 0 Å². The van der Waals surface area contributed by atoms with Gasteiger partial charge < -0.3 is 14.8 Å². The third-order valence-corrected chi connectivity index (χ3v) is 4.49. The van der Waals surface area contributed by atoms with Crippen LogP contribution in [-0.2, 0) is 0 Å². The Hall–Kier alpha value is -1.52. The number of aryl methyl sites for hydroxylation is 1. The Morgan fingerprint density at radius 1 is 1.19 bits per heavy atom. The Labute approximate surface area is 130 Å². The second-order valence-electron chi connectivity index (χ2n) is 4.96. The molecule has 1 aromatic carbocycles. The van der Waals surface area contributed by atoms with E-state index in [4.69, 9.17) is 9.47 Å². The van der Waals surface area contributed by atoms with Gasteiger partial charge >= 0.3 is 0 Å². The maximum atomic E-state index is 5.50. The Kier molecular flexibility index (Phi) is 5.65. The van der Waals surface area contributed by atoms with Gasteiger partial charge in [-0.3, -0.25) is 0 Å². The summed E-state index contributed by atoms with van der Waals surface area (Å²) in [6, 6.07) is 8.42. The van der Waals surface area contributed by atoms with E-state index < -0.39 is 0 Å². The summed E-state index contributed by atoms with van der Waals surface area (Å²) in [7, 11) is 3.42. The normalized spacial score (nSPS) is 12.2. The predicted molar refractivity (Wildman–Crippen MR) is 88.7 cm³/mol. The van der Waals surface area contributed by atoms with E-state index in [-0.39, 0.29) is 6.04 Å². The molecule has 0 saturated heterocycles. The number of rotatable bonds is 7. The molecule has 0 saturated carbocycles. The van der Waals surface area contributed by atoms with Gasteiger partial charge in [-0.1, -0.05) is 13.0 Å². The van der Waals surface area contributed by atoms with Crippen LogP contribution in [0.5, 0.6) is 11.5 Å². The number of benzene rings is 1. The van der Waals surface area contributed by atoms with Gasteiger partial charge in [-0.2, -0.15) is 0 Å². The van der Waals surface area contributed by atoms with Crippen LogP contribution in [0.1, 0.15) is 35.4 Å². The molecule has 2 aromatic rings. The van der Waals surface area contributed by atoms with Crippen molar-refractivity contribution in [2.45, 2.75) is 26.3 Å². The highest BCUT2D eigenvalue weighted by molar-refractivity contribution is 7.10. The molecule has 0 fully saturated rings. The zero-order valence-corrected chi connectivity index (χ0v) is 13.9. The molecule has 4 heteroatoms. The second-order valence-corrected chi connectivity index (χ2v) is 5.91. The molecular weight excluding hydrogens is 282 g/mol. The minimum atomic E-state index is 0.158. The molecule has 1 atom stereocenters. The lowest BCUT2D eigenvalue weighted by atomic mass is 9.99.